The summed E-state index contributed by atoms with van der Waals surface area (Å²) in [4.78, 5) is 10.8. The minimum atomic E-state index is -5.40. The summed E-state index contributed by atoms with van der Waals surface area (Å²) in [5.74, 6) is -1.85. The number of nitrogens with one attached hydrogen (secondary N) is 1. The zero-order chi connectivity index (χ0) is 12.8. The Hall–Kier alpha value is -0.520. The molecule has 0 rings (SSSR count). The van der Waals surface area contributed by atoms with Crippen molar-refractivity contribution < 1.29 is 22.4 Å². The number of hydrogen-bond acceptors (Lipinski definition) is 1. The van der Waals surface area contributed by atoms with E-state index in [-0.39, 0.29) is 6.54 Å². The number of unbranched alkanes of at least 4 members (excludes halogenated alkanes) is 3. The second-order valence-electron chi connectivity index (χ2n) is 3.39. The molecule has 7 heteroatoms. The van der Waals surface area contributed by atoms with Crippen LogP contribution in [0.4, 0.5) is 17.6 Å². The van der Waals surface area contributed by atoms with Crippen molar-refractivity contribution in [2.75, 3.05) is 6.54 Å². The van der Waals surface area contributed by atoms with Crippen LogP contribution in [-0.2, 0) is 4.79 Å². The van der Waals surface area contributed by atoms with Crippen LogP contribution >= 0.6 is 11.6 Å². The van der Waals surface area contributed by atoms with Crippen molar-refractivity contribution >= 4 is 17.5 Å². The lowest BCUT2D eigenvalue weighted by molar-refractivity contribution is -0.200. The Labute approximate surface area is 96.3 Å². The number of rotatable bonds is 6. The molecule has 0 aliphatic carbocycles. The molecule has 0 aromatic heterocycles. The van der Waals surface area contributed by atoms with E-state index in [2.05, 4.69) is 11.6 Å². The number of hydrogen-bond donors (Lipinski definition) is 1. The first-order valence-electron chi connectivity index (χ1n) is 4.96. The molecule has 0 fully saturated rings. The van der Waals surface area contributed by atoms with Crippen LogP contribution in [0.15, 0.2) is 0 Å². The first-order chi connectivity index (χ1) is 7.23. The molecular formula is C9H14ClF4NO. The van der Waals surface area contributed by atoms with E-state index in [0.717, 1.165) is 19.3 Å². The molecular weight excluding hydrogens is 250 g/mol. The number of alkyl halides is 5. The van der Waals surface area contributed by atoms with Gasteiger partial charge in [-0.3, -0.25) is 4.79 Å². The molecule has 0 aromatic rings. The lowest BCUT2D eigenvalue weighted by atomic mass is 10.2. The Morgan fingerprint density at radius 1 is 1.19 bits per heavy atom. The molecule has 0 radical (unpaired) electrons. The third-order valence-corrected chi connectivity index (χ3v) is 2.34. The highest BCUT2D eigenvalue weighted by Crippen LogP contribution is 2.37. The molecule has 1 atom stereocenters. The summed E-state index contributed by atoms with van der Waals surface area (Å²) in [5, 5.41) is -2.51. The van der Waals surface area contributed by atoms with Crippen molar-refractivity contribution in [3.8, 4) is 0 Å². The minimum Gasteiger partial charge on any atom is -0.352 e. The van der Waals surface area contributed by atoms with Crippen LogP contribution in [0.25, 0.3) is 0 Å². The first kappa shape index (κ1) is 15.5. The molecule has 1 N–H and O–H groups in total. The Balaban J connectivity index is 3.98. The van der Waals surface area contributed by atoms with E-state index in [0.29, 0.717) is 6.42 Å². The second kappa shape index (κ2) is 6.27. The van der Waals surface area contributed by atoms with Crippen LogP contribution < -0.4 is 5.32 Å². The lowest BCUT2D eigenvalue weighted by Crippen LogP contribution is -2.49. The smallest absolute Gasteiger partial charge is 0.352 e. The van der Waals surface area contributed by atoms with Gasteiger partial charge in [-0.1, -0.05) is 37.8 Å². The molecule has 0 aromatic carbocycles. The average molecular weight is 264 g/mol. The van der Waals surface area contributed by atoms with Gasteiger partial charge in [0.1, 0.15) is 0 Å². The van der Waals surface area contributed by atoms with Gasteiger partial charge >= 0.3 is 11.3 Å². The average Bonchev–Trinajstić information content (AvgIpc) is 2.15. The number of carbonyl (C=O) groups is 1. The number of halogens is 5. The van der Waals surface area contributed by atoms with Crippen molar-refractivity contribution in [1.82, 2.24) is 5.32 Å². The van der Waals surface area contributed by atoms with Crippen LogP contribution in [0.1, 0.15) is 32.6 Å². The van der Waals surface area contributed by atoms with Crippen LogP contribution in [0, 0.1) is 0 Å². The van der Waals surface area contributed by atoms with E-state index < -0.39 is 17.2 Å². The van der Waals surface area contributed by atoms with Crippen LogP contribution in [0.5, 0.6) is 0 Å². The van der Waals surface area contributed by atoms with Crippen molar-refractivity contribution in [2.24, 2.45) is 0 Å². The molecule has 0 heterocycles. The molecule has 0 aliphatic rings. The molecule has 0 unspecified atom stereocenters. The van der Waals surface area contributed by atoms with Crippen molar-refractivity contribution in [1.29, 1.82) is 0 Å². The Kier molecular flexibility index (Phi) is 6.07. The van der Waals surface area contributed by atoms with E-state index in [1.807, 2.05) is 12.2 Å². The maximum atomic E-state index is 12.8. The predicted octanol–water partition coefficient (Wildman–Crippen LogP) is 3.15. The van der Waals surface area contributed by atoms with Crippen molar-refractivity contribution in [2.45, 2.75) is 43.9 Å². The molecule has 0 spiro atoms. The molecule has 0 aliphatic heterocycles. The SMILES string of the molecule is CCCCCCNC(=O)[C@](F)(Cl)C(F)(F)F. The third kappa shape index (κ3) is 4.55. The topological polar surface area (TPSA) is 29.1 Å². The predicted molar refractivity (Wildman–Crippen MR) is 52.9 cm³/mol. The largest absolute Gasteiger partial charge is 0.446 e. The summed E-state index contributed by atoms with van der Waals surface area (Å²) < 4.78 is 48.6. The summed E-state index contributed by atoms with van der Waals surface area (Å²) in [6, 6.07) is 0. The van der Waals surface area contributed by atoms with Gasteiger partial charge in [-0.15, -0.1) is 0 Å². The van der Waals surface area contributed by atoms with Gasteiger partial charge in [-0.05, 0) is 6.42 Å². The Morgan fingerprint density at radius 3 is 2.19 bits per heavy atom. The van der Waals surface area contributed by atoms with Crippen molar-refractivity contribution in [3.63, 3.8) is 0 Å². The van der Waals surface area contributed by atoms with Gasteiger partial charge in [-0.2, -0.15) is 13.2 Å². The fourth-order valence-corrected chi connectivity index (χ4v) is 1.06. The fraction of sp³-hybridized carbons (Fsp3) is 0.889. The molecule has 96 valence electrons. The highest BCUT2D eigenvalue weighted by atomic mass is 35.5. The van der Waals surface area contributed by atoms with Gasteiger partial charge in [0.2, 0.25) is 0 Å². The summed E-state index contributed by atoms with van der Waals surface area (Å²) in [7, 11) is 0. The van der Waals surface area contributed by atoms with E-state index in [4.69, 9.17) is 0 Å². The monoisotopic (exact) mass is 263 g/mol. The second-order valence-corrected chi connectivity index (χ2v) is 3.91. The zero-order valence-corrected chi connectivity index (χ0v) is 9.59. The Morgan fingerprint density at radius 2 is 1.75 bits per heavy atom. The summed E-state index contributed by atoms with van der Waals surface area (Å²) in [5.41, 5.74) is 0. The van der Waals surface area contributed by atoms with Crippen LogP contribution in [-0.4, -0.2) is 23.8 Å². The van der Waals surface area contributed by atoms with Gasteiger partial charge in [0.15, 0.2) is 0 Å². The standard InChI is InChI=1S/C9H14ClF4NO/c1-2-3-4-5-6-15-7(16)8(10,11)9(12,13)14/h2-6H2,1H3,(H,15,16)/t8-/m1/s1. The van der Waals surface area contributed by atoms with E-state index in [9.17, 15) is 22.4 Å². The van der Waals surface area contributed by atoms with E-state index >= 15 is 0 Å². The summed E-state index contributed by atoms with van der Waals surface area (Å²) in [6.07, 6.45) is -2.26. The van der Waals surface area contributed by atoms with E-state index in [1.54, 1.807) is 0 Å². The highest BCUT2D eigenvalue weighted by molar-refractivity contribution is 6.34. The number of carbonyl (C=O) groups excluding carboxylic acids is 1. The maximum absolute atomic E-state index is 12.8. The fourth-order valence-electron chi connectivity index (χ4n) is 0.993. The third-order valence-electron chi connectivity index (χ3n) is 1.96. The zero-order valence-electron chi connectivity index (χ0n) is 8.83. The van der Waals surface area contributed by atoms with E-state index in [1.165, 1.54) is 0 Å². The molecule has 16 heavy (non-hydrogen) atoms. The highest BCUT2D eigenvalue weighted by Gasteiger charge is 2.60. The van der Waals surface area contributed by atoms with Gasteiger partial charge in [0.25, 0.3) is 5.91 Å². The van der Waals surface area contributed by atoms with Gasteiger partial charge in [0.05, 0.1) is 0 Å². The quantitative estimate of drug-likeness (QED) is 0.445. The number of amides is 1. The van der Waals surface area contributed by atoms with Crippen LogP contribution in [0.2, 0.25) is 0 Å². The Bertz CT molecular complexity index is 230. The molecule has 0 bridgehead atoms. The molecule has 0 saturated heterocycles. The van der Waals surface area contributed by atoms with Crippen LogP contribution in [0.3, 0.4) is 0 Å². The molecule has 1 amide bonds. The molecule has 2 nitrogen and oxygen atoms in total. The van der Waals surface area contributed by atoms with Gasteiger partial charge in [0, 0.05) is 6.54 Å². The van der Waals surface area contributed by atoms with Gasteiger partial charge in [-0.25, -0.2) is 4.39 Å². The lowest BCUT2D eigenvalue weighted by Gasteiger charge is -2.20. The summed E-state index contributed by atoms with van der Waals surface area (Å²) >= 11 is 4.50. The molecule has 0 saturated carbocycles. The first-order valence-corrected chi connectivity index (χ1v) is 5.34. The van der Waals surface area contributed by atoms with Crippen molar-refractivity contribution in [3.05, 3.63) is 0 Å². The normalized spacial score (nSPS) is 15.6. The summed E-state index contributed by atoms with van der Waals surface area (Å²) in [6.45, 7) is 1.96. The maximum Gasteiger partial charge on any atom is 0.446 e. The van der Waals surface area contributed by atoms with Gasteiger partial charge < -0.3 is 5.32 Å². The minimum absolute atomic E-state index is 0.00664.